The fourth-order valence-electron chi connectivity index (χ4n) is 3.09. The number of nitrogens with zero attached hydrogens (tertiary/aromatic N) is 2. The van der Waals surface area contributed by atoms with Crippen molar-refractivity contribution < 1.29 is 4.79 Å². The number of hydrogen-bond donors (Lipinski definition) is 1. The molecule has 1 amide bonds. The fourth-order valence-corrected chi connectivity index (χ4v) is 3.60. The van der Waals surface area contributed by atoms with Crippen molar-refractivity contribution in [3.63, 3.8) is 0 Å². The van der Waals surface area contributed by atoms with Crippen LogP contribution in [0.4, 0.5) is 0 Å². The molecule has 0 bridgehead atoms. The van der Waals surface area contributed by atoms with Gasteiger partial charge in [0.2, 0.25) is 0 Å². The molecule has 6 heteroatoms. The lowest BCUT2D eigenvalue weighted by Crippen LogP contribution is -2.13. The molecule has 0 spiro atoms. The summed E-state index contributed by atoms with van der Waals surface area (Å²) in [4.78, 5) is 11.8. The molecular formula is C21H17Cl2N3O. The maximum atomic E-state index is 11.8. The van der Waals surface area contributed by atoms with Gasteiger partial charge >= 0.3 is 0 Å². The Morgan fingerprint density at radius 2 is 1.85 bits per heavy atom. The van der Waals surface area contributed by atoms with Crippen molar-refractivity contribution in [1.82, 2.24) is 4.57 Å². The number of carbonyl (C=O) groups is 1. The first kappa shape index (κ1) is 19.0. The predicted octanol–water partition coefficient (Wildman–Crippen LogP) is 4.98. The molecule has 0 unspecified atom stereocenters. The first-order valence-corrected chi connectivity index (χ1v) is 9.10. The second-order valence-corrected chi connectivity index (χ2v) is 7.06. The molecule has 1 heterocycles. The van der Waals surface area contributed by atoms with Gasteiger partial charge in [0.15, 0.2) is 0 Å². The van der Waals surface area contributed by atoms with Gasteiger partial charge in [-0.1, -0.05) is 41.4 Å². The highest BCUT2D eigenvalue weighted by Gasteiger charge is 2.17. The Morgan fingerprint density at radius 3 is 2.44 bits per heavy atom. The Labute approximate surface area is 167 Å². The van der Waals surface area contributed by atoms with Crippen molar-refractivity contribution in [2.75, 3.05) is 0 Å². The molecule has 2 aromatic carbocycles. The lowest BCUT2D eigenvalue weighted by atomic mass is 10.1. The molecule has 3 aromatic rings. The van der Waals surface area contributed by atoms with Crippen molar-refractivity contribution >= 4 is 29.1 Å². The van der Waals surface area contributed by atoms with Crippen LogP contribution in [0.15, 0.2) is 48.5 Å². The summed E-state index contributed by atoms with van der Waals surface area (Å²) < 4.78 is 2.05. The average molecular weight is 398 g/mol. The van der Waals surface area contributed by atoms with E-state index in [2.05, 4.69) is 6.07 Å². The minimum Gasteiger partial charge on any atom is -0.366 e. The number of halogens is 2. The van der Waals surface area contributed by atoms with E-state index >= 15 is 0 Å². The number of amides is 1. The van der Waals surface area contributed by atoms with Gasteiger partial charge < -0.3 is 10.3 Å². The van der Waals surface area contributed by atoms with E-state index in [9.17, 15) is 4.79 Å². The number of benzene rings is 2. The number of rotatable bonds is 5. The minimum absolute atomic E-state index is 0.467. The van der Waals surface area contributed by atoms with E-state index < -0.39 is 5.91 Å². The summed E-state index contributed by atoms with van der Waals surface area (Å²) in [6, 6.07) is 16.6. The van der Waals surface area contributed by atoms with Gasteiger partial charge in [0.1, 0.15) is 0 Å². The summed E-state index contributed by atoms with van der Waals surface area (Å²) in [5.41, 5.74) is 10.2. The monoisotopic (exact) mass is 397 g/mol. The largest absolute Gasteiger partial charge is 0.366 e. The molecule has 0 saturated heterocycles. The van der Waals surface area contributed by atoms with Crippen molar-refractivity contribution in [1.29, 1.82) is 5.26 Å². The maximum absolute atomic E-state index is 11.8. The minimum atomic E-state index is -0.467. The third-order valence-corrected chi connectivity index (χ3v) is 5.15. The molecule has 0 aliphatic rings. The van der Waals surface area contributed by atoms with Gasteiger partial charge in [-0.3, -0.25) is 4.79 Å². The molecule has 0 aliphatic heterocycles. The van der Waals surface area contributed by atoms with Crippen molar-refractivity contribution in [2.24, 2.45) is 5.73 Å². The molecule has 0 aliphatic carbocycles. The molecule has 2 N–H and O–H groups in total. The maximum Gasteiger partial charge on any atom is 0.250 e. The van der Waals surface area contributed by atoms with E-state index in [1.54, 1.807) is 24.3 Å². The summed E-state index contributed by atoms with van der Waals surface area (Å²) >= 11 is 12.2. The first-order valence-electron chi connectivity index (χ1n) is 8.35. The van der Waals surface area contributed by atoms with E-state index in [0.29, 0.717) is 34.1 Å². The Bertz CT molecular complexity index is 1050. The van der Waals surface area contributed by atoms with Gasteiger partial charge in [-0.05, 0) is 54.8 Å². The Balaban J connectivity index is 1.99. The lowest BCUT2D eigenvalue weighted by Gasteiger charge is -2.13. The fraction of sp³-hybridized carbons (Fsp3) is 0.143. The van der Waals surface area contributed by atoms with Crippen LogP contribution in [0.2, 0.25) is 10.0 Å². The van der Waals surface area contributed by atoms with Crippen molar-refractivity contribution in [2.45, 2.75) is 19.9 Å². The third kappa shape index (κ3) is 4.00. The number of carbonyl (C=O) groups excluding carboxylic acids is 1. The highest BCUT2D eigenvalue weighted by Crippen LogP contribution is 2.28. The zero-order valence-electron chi connectivity index (χ0n) is 14.7. The summed E-state index contributed by atoms with van der Waals surface area (Å²) in [6.45, 7) is 2.49. The van der Waals surface area contributed by atoms with Crippen LogP contribution in [-0.4, -0.2) is 10.5 Å². The summed E-state index contributed by atoms with van der Waals surface area (Å²) in [6.07, 6.45) is 0.674. The van der Waals surface area contributed by atoms with E-state index in [-0.39, 0.29) is 0 Å². The van der Waals surface area contributed by atoms with Crippen LogP contribution in [0, 0.1) is 18.3 Å². The van der Waals surface area contributed by atoms with E-state index in [1.807, 2.05) is 35.8 Å². The SMILES string of the molecule is Cc1c(C(N)=O)cc(-c2ccc(C#N)cc2)n1CCc1ccc(Cl)cc1Cl. The van der Waals surface area contributed by atoms with Crippen molar-refractivity contribution in [3.8, 4) is 17.3 Å². The van der Waals surface area contributed by atoms with Crippen LogP contribution in [0.5, 0.6) is 0 Å². The number of nitrogens with two attached hydrogens (primary N) is 1. The van der Waals surface area contributed by atoms with Crippen LogP contribution in [0.1, 0.15) is 27.2 Å². The van der Waals surface area contributed by atoms with Crippen LogP contribution in [-0.2, 0) is 13.0 Å². The van der Waals surface area contributed by atoms with Gasteiger partial charge in [-0.15, -0.1) is 0 Å². The van der Waals surface area contributed by atoms with Crippen LogP contribution < -0.4 is 5.73 Å². The van der Waals surface area contributed by atoms with Crippen LogP contribution in [0.25, 0.3) is 11.3 Å². The predicted molar refractivity (Wildman–Crippen MR) is 108 cm³/mol. The number of aryl methyl sites for hydroxylation is 1. The molecule has 3 rings (SSSR count). The molecule has 136 valence electrons. The number of primary amides is 1. The van der Waals surface area contributed by atoms with Crippen LogP contribution in [0.3, 0.4) is 0 Å². The molecule has 0 fully saturated rings. The van der Waals surface area contributed by atoms with Gasteiger partial charge in [0.05, 0.1) is 17.2 Å². The molecule has 0 saturated carbocycles. The smallest absolute Gasteiger partial charge is 0.250 e. The van der Waals surface area contributed by atoms with Gasteiger partial charge in [0, 0.05) is 28.0 Å². The quantitative estimate of drug-likeness (QED) is 0.658. The standard InChI is InChI=1S/C21H17Cl2N3O/c1-13-18(21(25)27)11-20(16-4-2-14(12-24)3-5-16)26(13)9-8-15-6-7-17(22)10-19(15)23/h2-7,10-11H,8-9H2,1H3,(H2,25,27). The van der Waals surface area contributed by atoms with Crippen molar-refractivity contribution in [3.05, 3.63) is 81.0 Å². The molecule has 0 atom stereocenters. The van der Waals surface area contributed by atoms with Gasteiger partial charge in [0.25, 0.3) is 5.91 Å². The molecule has 4 nitrogen and oxygen atoms in total. The van der Waals surface area contributed by atoms with Gasteiger partial charge in [-0.25, -0.2) is 0 Å². The third-order valence-electron chi connectivity index (χ3n) is 4.56. The number of hydrogen-bond acceptors (Lipinski definition) is 2. The molecule has 27 heavy (non-hydrogen) atoms. The Hall–Kier alpha value is -2.74. The summed E-state index contributed by atoms with van der Waals surface area (Å²) in [5, 5.41) is 10.2. The van der Waals surface area contributed by atoms with E-state index in [4.69, 9.17) is 34.2 Å². The average Bonchev–Trinajstić information content (AvgIpc) is 2.98. The topological polar surface area (TPSA) is 71.8 Å². The van der Waals surface area contributed by atoms with E-state index in [1.165, 1.54) is 0 Å². The van der Waals surface area contributed by atoms with Crippen LogP contribution >= 0.6 is 23.2 Å². The van der Waals surface area contributed by atoms with Gasteiger partial charge in [-0.2, -0.15) is 5.26 Å². The summed E-state index contributed by atoms with van der Waals surface area (Å²) in [5.74, 6) is -0.467. The Kier molecular flexibility index (Phi) is 5.55. The van der Waals surface area contributed by atoms with E-state index in [0.717, 1.165) is 22.5 Å². The normalized spacial score (nSPS) is 10.6. The molecular weight excluding hydrogens is 381 g/mol. The zero-order chi connectivity index (χ0) is 19.6. The second kappa shape index (κ2) is 7.87. The second-order valence-electron chi connectivity index (χ2n) is 6.22. The highest BCUT2D eigenvalue weighted by molar-refractivity contribution is 6.35. The summed E-state index contributed by atoms with van der Waals surface area (Å²) in [7, 11) is 0. The number of nitriles is 1. The Morgan fingerprint density at radius 1 is 1.15 bits per heavy atom. The zero-order valence-corrected chi connectivity index (χ0v) is 16.2. The number of aromatic nitrogens is 1. The highest BCUT2D eigenvalue weighted by atomic mass is 35.5. The molecule has 0 radical (unpaired) electrons. The lowest BCUT2D eigenvalue weighted by molar-refractivity contribution is 0.0999. The first-order chi connectivity index (χ1) is 12.9. The molecule has 1 aromatic heterocycles.